The molecule has 3 N–H and O–H groups in total. The van der Waals surface area contributed by atoms with Gasteiger partial charge in [0.2, 0.25) is 0 Å². The Morgan fingerprint density at radius 3 is 2.67 bits per heavy atom. The lowest BCUT2D eigenvalue weighted by atomic mass is 9.95. The molecule has 0 radical (unpaired) electrons. The van der Waals surface area contributed by atoms with Crippen molar-refractivity contribution in [3.05, 3.63) is 23.8 Å². The summed E-state index contributed by atoms with van der Waals surface area (Å²) in [4.78, 5) is 8.98. The summed E-state index contributed by atoms with van der Waals surface area (Å²) >= 11 is 0. The minimum Gasteiger partial charge on any atom is -0.383 e. The van der Waals surface area contributed by atoms with E-state index in [-0.39, 0.29) is 5.41 Å². The van der Waals surface area contributed by atoms with Crippen LogP contribution >= 0.6 is 0 Å². The van der Waals surface area contributed by atoms with Crippen LogP contribution in [0.2, 0.25) is 0 Å². The van der Waals surface area contributed by atoms with Gasteiger partial charge in [-0.05, 0) is 13.3 Å². The Balaban J connectivity index is 2.00. The van der Waals surface area contributed by atoms with Gasteiger partial charge in [-0.25, -0.2) is 9.97 Å². The Hall–Kier alpha value is -2.18. The lowest BCUT2D eigenvalue weighted by Gasteiger charge is -2.19. The minimum absolute atomic E-state index is 0.126. The van der Waals surface area contributed by atoms with E-state index in [1.54, 1.807) is 6.20 Å². The van der Waals surface area contributed by atoms with E-state index in [9.17, 15) is 0 Å². The maximum absolute atomic E-state index is 5.99. The summed E-state index contributed by atoms with van der Waals surface area (Å²) in [6, 6.07) is 0. The van der Waals surface area contributed by atoms with Crippen LogP contribution in [0, 0.1) is 6.92 Å². The number of nitrogens with one attached hydrogen (secondary N) is 1. The van der Waals surface area contributed by atoms with Crippen LogP contribution in [-0.2, 0) is 12.0 Å². The van der Waals surface area contributed by atoms with Crippen molar-refractivity contribution in [2.45, 2.75) is 46.1 Å². The van der Waals surface area contributed by atoms with Gasteiger partial charge in [-0.1, -0.05) is 26.0 Å². The number of aryl methyl sites for hydroxylation is 1. The molecule has 2 heterocycles. The van der Waals surface area contributed by atoms with Crippen molar-refractivity contribution in [2.75, 3.05) is 17.6 Å². The number of nitrogens with two attached hydrogens (primary N) is 1. The maximum atomic E-state index is 5.99. The van der Waals surface area contributed by atoms with Gasteiger partial charge < -0.3 is 11.1 Å². The number of rotatable bonds is 5. The van der Waals surface area contributed by atoms with E-state index in [0.717, 1.165) is 36.7 Å². The van der Waals surface area contributed by atoms with Crippen LogP contribution in [0.1, 0.15) is 38.6 Å². The zero-order valence-corrected chi connectivity index (χ0v) is 13.1. The largest absolute Gasteiger partial charge is 0.383 e. The lowest BCUT2D eigenvalue weighted by molar-refractivity contribution is 0.545. The first-order valence-corrected chi connectivity index (χ1v) is 7.10. The molecule has 7 heteroatoms. The monoisotopic (exact) mass is 289 g/mol. The Kier molecular flexibility index (Phi) is 4.40. The van der Waals surface area contributed by atoms with Crippen molar-refractivity contribution in [3.63, 3.8) is 0 Å². The average molecular weight is 289 g/mol. The molecule has 0 fully saturated rings. The van der Waals surface area contributed by atoms with Crippen LogP contribution in [0.25, 0.3) is 0 Å². The highest BCUT2D eigenvalue weighted by Gasteiger charge is 2.20. The van der Waals surface area contributed by atoms with Gasteiger partial charge in [0.05, 0.1) is 6.20 Å². The molecule has 0 saturated carbocycles. The van der Waals surface area contributed by atoms with Gasteiger partial charge in [-0.2, -0.15) is 0 Å². The molecule has 0 bridgehead atoms. The topological polar surface area (TPSA) is 94.5 Å². The third kappa shape index (κ3) is 3.90. The van der Waals surface area contributed by atoms with Gasteiger partial charge >= 0.3 is 0 Å². The fraction of sp³-hybridized carbons (Fsp3) is 0.571. The molecule has 0 atom stereocenters. The van der Waals surface area contributed by atoms with Crippen molar-refractivity contribution in [1.29, 1.82) is 0 Å². The molecule has 21 heavy (non-hydrogen) atoms. The summed E-state index contributed by atoms with van der Waals surface area (Å²) in [5.41, 5.74) is 6.75. The van der Waals surface area contributed by atoms with Crippen LogP contribution < -0.4 is 11.1 Å². The first-order valence-electron chi connectivity index (χ1n) is 7.10. The van der Waals surface area contributed by atoms with Gasteiger partial charge in [0.1, 0.15) is 17.5 Å². The van der Waals surface area contributed by atoms with E-state index >= 15 is 0 Å². The summed E-state index contributed by atoms with van der Waals surface area (Å²) in [7, 11) is 0. The van der Waals surface area contributed by atoms with Crippen molar-refractivity contribution >= 4 is 11.6 Å². The van der Waals surface area contributed by atoms with Gasteiger partial charge in [-0.3, -0.25) is 4.68 Å². The highest BCUT2D eigenvalue weighted by molar-refractivity contribution is 5.55. The molecule has 7 nitrogen and oxygen atoms in total. The number of aromatic nitrogens is 5. The molecule has 0 aliphatic carbocycles. The molecule has 0 saturated heterocycles. The van der Waals surface area contributed by atoms with Crippen LogP contribution in [0.4, 0.5) is 11.6 Å². The number of anilines is 2. The van der Waals surface area contributed by atoms with Gasteiger partial charge in [0.15, 0.2) is 0 Å². The SMILES string of the molecule is Cc1c(N)nc(C(C)(C)C)nc1NCCCn1ccnn1. The summed E-state index contributed by atoms with van der Waals surface area (Å²) in [5.74, 6) is 2.10. The van der Waals surface area contributed by atoms with Crippen molar-refractivity contribution in [3.8, 4) is 0 Å². The zero-order chi connectivity index (χ0) is 15.5. The Morgan fingerprint density at radius 1 is 1.29 bits per heavy atom. The Morgan fingerprint density at radius 2 is 2.05 bits per heavy atom. The van der Waals surface area contributed by atoms with Crippen LogP contribution in [0.15, 0.2) is 12.4 Å². The minimum atomic E-state index is -0.126. The summed E-state index contributed by atoms with van der Waals surface area (Å²) in [6.07, 6.45) is 4.46. The molecule has 0 unspecified atom stereocenters. The second-order valence-corrected chi connectivity index (χ2v) is 6.10. The Labute approximate surface area is 125 Å². The number of nitrogens with zero attached hydrogens (tertiary/aromatic N) is 5. The molecule has 0 aromatic carbocycles. The smallest absolute Gasteiger partial charge is 0.138 e. The molecule has 0 aliphatic rings. The van der Waals surface area contributed by atoms with E-state index in [4.69, 9.17) is 5.73 Å². The van der Waals surface area contributed by atoms with E-state index in [0.29, 0.717) is 5.82 Å². The number of nitrogen functional groups attached to an aromatic ring is 1. The highest BCUT2D eigenvalue weighted by Crippen LogP contribution is 2.24. The summed E-state index contributed by atoms with van der Waals surface area (Å²) in [6.45, 7) is 9.77. The van der Waals surface area contributed by atoms with E-state index in [2.05, 4.69) is 46.4 Å². The van der Waals surface area contributed by atoms with Crippen LogP contribution in [0.3, 0.4) is 0 Å². The Bertz CT molecular complexity index is 584. The fourth-order valence-electron chi connectivity index (χ4n) is 1.84. The summed E-state index contributed by atoms with van der Waals surface area (Å²) in [5, 5.41) is 11.0. The number of hydrogen-bond acceptors (Lipinski definition) is 6. The van der Waals surface area contributed by atoms with Crippen LogP contribution in [-0.4, -0.2) is 31.5 Å². The third-order valence-electron chi connectivity index (χ3n) is 3.18. The van der Waals surface area contributed by atoms with E-state index in [1.807, 2.05) is 17.8 Å². The quantitative estimate of drug-likeness (QED) is 0.814. The maximum Gasteiger partial charge on any atom is 0.138 e. The second-order valence-electron chi connectivity index (χ2n) is 6.10. The summed E-state index contributed by atoms with van der Waals surface area (Å²) < 4.78 is 1.81. The predicted octanol–water partition coefficient (Wildman–Crippen LogP) is 1.76. The van der Waals surface area contributed by atoms with E-state index < -0.39 is 0 Å². The van der Waals surface area contributed by atoms with Crippen molar-refractivity contribution < 1.29 is 0 Å². The average Bonchev–Trinajstić information content (AvgIpc) is 2.91. The van der Waals surface area contributed by atoms with Crippen molar-refractivity contribution in [1.82, 2.24) is 25.0 Å². The molecular weight excluding hydrogens is 266 g/mol. The zero-order valence-electron chi connectivity index (χ0n) is 13.1. The molecule has 2 aromatic rings. The van der Waals surface area contributed by atoms with Gasteiger partial charge in [0, 0.05) is 30.3 Å². The van der Waals surface area contributed by atoms with Gasteiger partial charge in [-0.15, -0.1) is 5.10 Å². The molecule has 0 spiro atoms. The predicted molar refractivity (Wildman–Crippen MR) is 83.0 cm³/mol. The molecule has 0 aliphatic heterocycles. The first kappa shape index (κ1) is 15.2. The standard InChI is InChI=1S/C14H23N7/c1-10-11(15)18-13(14(2,3)4)19-12(10)16-6-5-8-21-9-7-17-20-21/h7,9H,5-6,8H2,1-4H3,(H3,15,16,18,19). The second kappa shape index (κ2) is 6.07. The number of hydrogen-bond donors (Lipinski definition) is 2. The molecule has 114 valence electrons. The molecule has 0 amide bonds. The fourth-order valence-corrected chi connectivity index (χ4v) is 1.84. The normalized spacial score (nSPS) is 11.6. The van der Waals surface area contributed by atoms with E-state index in [1.165, 1.54) is 0 Å². The highest BCUT2D eigenvalue weighted by atomic mass is 15.4. The molecule has 2 rings (SSSR count). The first-order chi connectivity index (χ1) is 9.88. The lowest BCUT2D eigenvalue weighted by Crippen LogP contribution is -2.20. The molecular formula is C14H23N7. The van der Waals surface area contributed by atoms with Crippen LogP contribution in [0.5, 0.6) is 0 Å². The third-order valence-corrected chi connectivity index (χ3v) is 3.18. The van der Waals surface area contributed by atoms with Crippen molar-refractivity contribution in [2.24, 2.45) is 0 Å². The molecule has 2 aromatic heterocycles. The van der Waals surface area contributed by atoms with Gasteiger partial charge in [0.25, 0.3) is 0 Å².